The van der Waals surface area contributed by atoms with Crippen LogP contribution < -0.4 is 5.32 Å². The lowest BCUT2D eigenvalue weighted by molar-refractivity contribution is -0.129. The number of halogens is 1. The molecule has 1 N–H and O–H groups in total. The molecule has 0 fully saturated rings. The monoisotopic (exact) mass is 281 g/mol. The maximum atomic E-state index is 12.6. The second-order valence-electron chi connectivity index (χ2n) is 5.55. The smallest absolute Gasteiger partial charge is 0.407 e. The van der Waals surface area contributed by atoms with Crippen molar-refractivity contribution >= 4 is 12.1 Å². The number of carbonyl (C=O) groups excluding carboxylic acids is 2. The third-order valence-corrected chi connectivity index (χ3v) is 2.57. The summed E-state index contributed by atoms with van der Waals surface area (Å²) in [6.45, 7) is 5.42. The van der Waals surface area contributed by atoms with Crippen LogP contribution in [0.3, 0.4) is 0 Å². The number of ether oxygens (including phenoxy) is 1. The van der Waals surface area contributed by atoms with Gasteiger partial charge in [0.2, 0.25) is 0 Å². The highest BCUT2D eigenvalue weighted by molar-refractivity contribution is 5.70. The van der Waals surface area contributed by atoms with Crippen LogP contribution in [-0.2, 0) is 9.53 Å². The van der Waals surface area contributed by atoms with E-state index in [1.54, 1.807) is 45.0 Å². The molecule has 1 atom stereocenters. The van der Waals surface area contributed by atoms with Crippen LogP contribution in [0.2, 0.25) is 0 Å². The highest BCUT2D eigenvalue weighted by Gasteiger charge is 2.20. The largest absolute Gasteiger partial charge is 0.444 e. The Kier molecular flexibility index (Phi) is 5.67. The minimum atomic E-state index is -1.40. The molecule has 110 valence electrons. The van der Waals surface area contributed by atoms with Gasteiger partial charge >= 0.3 is 12.1 Å². The average molecular weight is 281 g/mol. The molecule has 0 saturated carbocycles. The Morgan fingerprint density at radius 2 is 1.85 bits per heavy atom. The summed E-state index contributed by atoms with van der Waals surface area (Å²) in [5, 5.41) is 2.56. The topological polar surface area (TPSA) is 55.4 Å². The molecule has 0 aliphatic carbocycles. The standard InChI is InChI=1S/C15H20FNO3/c1-15(2,3)20-14(19)17-10-12(9-13(16)18)11-7-5-4-6-8-11/h4-8,12H,9-10H2,1-3H3,(H,17,19). The third kappa shape index (κ3) is 6.31. The number of amides is 1. The van der Waals surface area contributed by atoms with Gasteiger partial charge in [-0.3, -0.25) is 4.79 Å². The summed E-state index contributed by atoms with van der Waals surface area (Å²) >= 11 is 0. The molecule has 1 rings (SSSR count). The number of carbonyl (C=O) groups is 2. The minimum absolute atomic E-state index is 0.147. The molecule has 0 saturated heterocycles. The number of hydrogen-bond acceptors (Lipinski definition) is 3. The van der Waals surface area contributed by atoms with E-state index in [1.807, 2.05) is 6.07 Å². The molecule has 0 aliphatic heterocycles. The summed E-state index contributed by atoms with van der Waals surface area (Å²) in [5.74, 6) is -0.402. The molecule has 5 heteroatoms. The van der Waals surface area contributed by atoms with Crippen molar-refractivity contribution in [1.29, 1.82) is 0 Å². The first-order valence-corrected chi connectivity index (χ1v) is 6.48. The Morgan fingerprint density at radius 1 is 1.25 bits per heavy atom. The van der Waals surface area contributed by atoms with Crippen LogP contribution >= 0.6 is 0 Å². The van der Waals surface area contributed by atoms with Crippen molar-refractivity contribution in [1.82, 2.24) is 5.32 Å². The summed E-state index contributed by atoms with van der Waals surface area (Å²) in [4.78, 5) is 22.3. The van der Waals surface area contributed by atoms with Crippen LogP contribution in [0.25, 0.3) is 0 Å². The Balaban J connectivity index is 2.63. The van der Waals surface area contributed by atoms with Gasteiger partial charge in [-0.1, -0.05) is 30.3 Å². The van der Waals surface area contributed by atoms with Gasteiger partial charge in [-0.15, -0.1) is 0 Å². The molecule has 4 nitrogen and oxygen atoms in total. The van der Waals surface area contributed by atoms with E-state index in [0.717, 1.165) is 5.56 Å². The van der Waals surface area contributed by atoms with Crippen molar-refractivity contribution in [2.75, 3.05) is 6.54 Å². The van der Waals surface area contributed by atoms with Gasteiger partial charge in [-0.05, 0) is 26.3 Å². The van der Waals surface area contributed by atoms with Crippen LogP contribution in [0, 0.1) is 0 Å². The Hall–Kier alpha value is -1.91. The van der Waals surface area contributed by atoms with E-state index >= 15 is 0 Å². The first kappa shape index (κ1) is 16.1. The van der Waals surface area contributed by atoms with Crippen molar-refractivity contribution in [2.45, 2.75) is 38.7 Å². The number of benzene rings is 1. The van der Waals surface area contributed by atoms with Gasteiger partial charge in [0.15, 0.2) is 0 Å². The van der Waals surface area contributed by atoms with E-state index in [1.165, 1.54) is 0 Å². The summed E-state index contributed by atoms with van der Waals surface area (Å²) < 4.78 is 17.8. The molecular weight excluding hydrogens is 261 g/mol. The van der Waals surface area contributed by atoms with Crippen molar-refractivity contribution in [3.63, 3.8) is 0 Å². The van der Waals surface area contributed by atoms with Gasteiger partial charge in [0.25, 0.3) is 0 Å². The molecule has 0 spiro atoms. The number of nitrogens with one attached hydrogen (secondary N) is 1. The first-order chi connectivity index (χ1) is 9.28. The van der Waals surface area contributed by atoms with Gasteiger partial charge in [0.05, 0.1) is 0 Å². The Morgan fingerprint density at radius 3 is 2.35 bits per heavy atom. The summed E-state index contributed by atoms with van der Waals surface area (Å²) in [5.41, 5.74) is 0.206. The molecule has 0 bridgehead atoms. The van der Waals surface area contributed by atoms with Crippen molar-refractivity contribution in [3.05, 3.63) is 35.9 Å². The van der Waals surface area contributed by atoms with Crippen LogP contribution in [0.15, 0.2) is 30.3 Å². The Labute approximate surface area is 118 Å². The molecule has 0 aromatic heterocycles. The highest BCUT2D eigenvalue weighted by Crippen LogP contribution is 2.19. The van der Waals surface area contributed by atoms with Gasteiger partial charge < -0.3 is 10.1 Å². The SMILES string of the molecule is CC(C)(C)OC(=O)NCC(CC(=O)F)c1ccccc1. The lowest BCUT2D eigenvalue weighted by atomic mass is 9.96. The van der Waals surface area contributed by atoms with Gasteiger partial charge in [0, 0.05) is 18.9 Å². The van der Waals surface area contributed by atoms with Crippen LogP contribution in [0.5, 0.6) is 0 Å². The molecule has 0 heterocycles. The van der Waals surface area contributed by atoms with Crippen molar-refractivity contribution < 1.29 is 18.7 Å². The number of hydrogen-bond donors (Lipinski definition) is 1. The lowest BCUT2D eigenvalue weighted by Crippen LogP contribution is -2.35. The fraction of sp³-hybridized carbons (Fsp3) is 0.467. The molecule has 1 amide bonds. The predicted octanol–water partition coefficient (Wildman–Crippen LogP) is 3.18. The molecule has 20 heavy (non-hydrogen) atoms. The van der Waals surface area contributed by atoms with Crippen LogP contribution in [0.1, 0.15) is 38.7 Å². The molecular formula is C15H20FNO3. The first-order valence-electron chi connectivity index (χ1n) is 6.48. The number of rotatable bonds is 5. The normalized spacial score (nSPS) is 12.6. The third-order valence-electron chi connectivity index (χ3n) is 2.57. The number of alkyl carbamates (subject to hydrolysis) is 1. The van der Waals surface area contributed by atoms with Crippen molar-refractivity contribution in [3.8, 4) is 0 Å². The summed E-state index contributed by atoms with van der Waals surface area (Å²) in [6.07, 6.45) is -0.843. The molecule has 0 radical (unpaired) electrons. The van der Waals surface area contributed by atoms with E-state index in [0.29, 0.717) is 0 Å². The van der Waals surface area contributed by atoms with Crippen LogP contribution in [-0.4, -0.2) is 24.3 Å². The molecule has 1 unspecified atom stereocenters. The quantitative estimate of drug-likeness (QED) is 0.843. The van der Waals surface area contributed by atoms with E-state index < -0.39 is 23.6 Å². The zero-order valence-corrected chi connectivity index (χ0v) is 12.0. The van der Waals surface area contributed by atoms with E-state index in [2.05, 4.69) is 5.32 Å². The molecule has 1 aromatic carbocycles. The zero-order valence-electron chi connectivity index (χ0n) is 12.0. The van der Waals surface area contributed by atoms with E-state index in [-0.39, 0.29) is 13.0 Å². The highest BCUT2D eigenvalue weighted by atomic mass is 19.1. The molecule has 1 aromatic rings. The summed E-state index contributed by atoms with van der Waals surface area (Å²) in [7, 11) is 0. The van der Waals surface area contributed by atoms with Crippen molar-refractivity contribution in [2.24, 2.45) is 0 Å². The van der Waals surface area contributed by atoms with Crippen LogP contribution in [0.4, 0.5) is 9.18 Å². The lowest BCUT2D eigenvalue weighted by Gasteiger charge is -2.21. The predicted molar refractivity (Wildman–Crippen MR) is 74.2 cm³/mol. The minimum Gasteiger partial charge on any atom is -0.444 e. The second kappa shape index (κ2) is 7.03. The second-order valence-corrected chi connectivity index (χ2v) is 5.55. The van der Waals surface area contributed by atoms with Gasteiger partial charge in [-0.25, -0.2) is 4.79 Å². The zero-order chi connectivity index (χ0) is 15.2. The van der Waals surface area contributed by atoms with E-state index in [9.17, 15) is 14.0 Å². The van der Waals surface area contributed by atoms with E-state index in [4.69, 9.17) is 4.74 Å². The fourth-order valence-corrected chi connectivity index (χ4v) is 1.75. The van der Waals surface area contributed by atoms with Gasteiger partial charge in [-0.2, -0.15) is 4.39 Å². The maximum Gasteiger partial charge on any atom is 0.407 e. The molecule has 0 aliphatic rings. The average Bonchev–Trinajstić information content (AvgIpc) is 2.33. The fourth-order valence-electron chi connectivity index (χ4n) is 1.75. The maximum absolute atomic E-state index is 12.6. The summed E-state index contributed by atoms with van der Waals surface area (Å²) in [6, 6.07) is 7.63. The Bertz CT molecular complexity index is 454. The van der Waals surface area contributed by atoms with Gasteiger partial charge in [0.1, 0.15) is 5.60 Å².